The number of ether oxygens (including phenoxy) is 1. The topological polar surface area (TPSA) is 84.7 Å². The molecular formula is C26H21N3O4S2. The number of carbonyl (C=O) groups excluding carboxylic acids is 2. The molecule has 0 atom stereocenters. The highest BCUT2D eigenvalue weighted by Crippen LogP contribution is 2.46. The number of fused-ring (bicyclic) bond motifs is 3. The Morgan fingerprint density at radius 1 is 1.14 bits per heavy atom. The predicted octanol–water partition coefficient (Wildman–Crippen LogP) is 6.54. The number of nitrogens with zero attached hydrogens (tertiary/aromatic N) is 2. The second-order valence-corrected chi connectivity index (χ2v) is 10.3. The van der Waals surface area contributed by atoms with Crippen molar-refractivity contribution >= 4 is 60.9 Å². The summed E-state index contributed by atoms with van der Waals surface area (Å²) in [6.07, 6.45) is 0.345. The molecule has 1 aliphatic rings. The normalized spacial score (nSPS) is 13.2. The highest BCUT2D eigenvalue weighted by atomic mass is 32.1. The molecule has 9 heteroatoms. The molecule has 6 rings (SSSR count). The number of thiazole rings is 1. The van der Waals surface area contributed by atoms with E-state index in [1.807, 2.05) is 48.5 Å². The van der Waals surface area contributed by atoms with Crippen LogP contribution in [0.1, 0.15) is 27.9 Å². The minimum absolute atomic E-state index is 0.251. The van der Waals surface area contributed by atoms with E-state index in [1.54, 1.807) is 29.2 Å². The van der Waals surface area contributed by atoms with E-state index in [0.717, 1.165) is 36.6 Å². The summed E-state index contributed by atoms with van der Waals surface area (Å²) in [6.45, 7) is 3.13. The van der Waals surface area contributed by atoms with Crippen molar-refractivity contribution in [2.75, 3.05) is 18.5 Å². The van der Waals surface area contributed by atoms with Gasteiger partial charge in [-0.1, -0.05) is 30.3 Å². The SMILES string of the molecule is CCOC(=O)N1CCc2c(sc(NC(=O)c3cc4ccccc4o3)c2-c2nc3ccccc3s2)C1. The van der Waals surface area contributed by atoms with Crippen molar-refractivity contribution in [2.24, 2.45) is 0 Å². The highest BCUT2D eigenvalue weighted by Gasteiger charge is 2.30. The number of hydrogen-bond acceptors (Lipinski definition) is 7. The number of hydrogen-bond donors (Lipinski definition) is 1. The first kappa shape index (κ1) is 21.8. The Kier molecular flexibility index (Phi) is 5.50. The second-order valence-electron chi connectivity index (χ2n) is 8.17. The molecule has 35 heavy (non-hydrogen) atoms. The third-order valence-corrected chi connectivity index (χ3v) is 8.15. The number of amides is 2. The van der Waals surface area contributed by atoms with Crippen LogP contribution in [0.3, 0.4) is 0 Å². The van der Waals surface area contributed by atoms with Crippen LogP contribution in [0, 0.1) is 0 Å². The molecule has 2 amide bonds. The lowest BCUT2D eigenvalue weighted by Crippen LogP contribution is -2.35. The lowest BCUT2D eigenvalue weighted by atomic mass is 10.0. The summed E-state index contributed by atoms with van der Waals surface area (Å²) in [7, 11) is 0. The fraction of sp³-hybridized carbons (Fsp3) is 0.192. The minimum atomic E-state index is -0.319. The Labute approximate surface area is 208 Å². The fourth-order valence-corrected chi connectivity index (χ4v) is 6.69. The summed E-state index contributed by atoms with van der Waals surface area (Å²) < 4.78 is 12.1. The number of para-hydroxylation sites is 2. The van der Waals surface area contributed by atoms with E-state index in [-0.39, 0.29) is 17.8 Å². The monoisotopic (exact) mass is 503 g/mol. The molecule has 0 radical (unpaired) electrons. The van der Waals surface area contributed by atoms with E-state index < -0.39 is 0 Å². The summed E-state index contributed by atoms with van der Waals surface area (Å²) >= 11 is 3.08. The first-order valence-electron chi connectivity index (χ1n) is 11.3. The van der Waals surface area contributed by atoms with Gasteiger partial charge in [0.15, 0.2) is 5.76 Å². The van der Waals surface area contributed by atoms with Crippen molar-refractivity contribution in [3.8, 4) is 10.6 Å². The zero-order chi connectivity index (χ0) is 23.9. The van der Waals surface area contributed by atoms with Gasteiger partial charge in [0.2, 0.25) is 0 Å². The molecule has 1 aliphatic heterocycles. The Bertz CT molecular complexity index is 1520. The number of furan rings is 1. The number of carbonyl (C=O) groups is 2. The third kappa shape index (κ3) is 3.96. The minimum Gasteiger partial charge on any atom is -0.451 e. The van der Waals surface area contributed by atoms with Gasteiger partial charge in [0.05, 0.1) is 23.4 Å². The first-order valence-corrected chi connectivity index (χ1v) is 13.0. The first-order chi connectivity index (χ1) is 17.1. The lowest BCUT2D eigenvalue weighted by Gasteiger charge is -2.26. The Morgan fingerprint density at radius 3 is 2.80 bits per heavy atom. The van der Waals surface area contributed by atoms with Crippen LogP contribution in [0.25, 0.3) is 31.8 Å². The lowest BCUT2D eigenvalue weighted by molar-refractivity contribution is 0.0997. The van der Waals surface area contributed by atoms with E-state index in [0.29, 0.717) is 36.7 Å². The molecule has 7 nitrogen and oxygen atoms in total. The van der Waals surface area contributed by atoms with Gasteiger partial charge in [0.25, 0.3) is 5.91 Å². The van der Waals surface area contributed by atoms with Crippen LogP contribution in [-0.2, 0) is 17.7 Å². The van der Waals surface area contributed by atoms with Crippen molar-refractivity contribution < 1.29 is 18.7 Å². The number of benzene rings is 2. The standard InChI is InChI=1S/C26H21N3O4S2/c1-2-32-26(31)29-12-11-16-21(14-29)35-25(22(16)24-27-17-8-4-6-10-20(17)34-24)28-23(30)19-13-15-7-3-5-9-18(15)33-19/h3-10,13H,2,11-12,14H2,1H3,(H,28,30). The molecule has 0 saturated heterocycles. The number of aromatic nitrogens is 1. The van der Waals surface area contributed by atoms with Gasteiger partial charge in [-0.3, -0.25) is 4.79 Å². The maximum atomic E-state index is 13.2. The van der Waals surface area contributed by atoms with Gasteiger partial charge in [-0.2, -0.15) is 0 Å². The fourth-order valence-electron chi connectivity index (χ4n) is 4.33. The van der Waals surface area contributed by atoms with Gasteiger partial charge in [0, 0.05) is 22.4 Å². The summed E-state index contributed by atoms with van der Waals surface area (Å²) in [5.41, 5.74) is 3.64. The third-order valence-electron chi connectivity index (χ3n) is 5.97. The number of anilines is 1. The van der Waals surface area contributed by atoms with Crippen molar-refractivity contribution in [3.63, 3.8) is 0 Å². The average Bonchev–Trinajstić information content (AvgIpc) is 3.57. The maximum Gasteiger partial charge on any atom is 0.410 e. The average molecular weight is 504 g/mol. The molecular weight excluding hydrogens is 482 g/mol. The molecule has 0 unspecified atom stereocenters. The number of nitrogens with one attached hydrogen (secondary N) is 1. The summed E-state index contributed by atoms with van der Waals surface area (Å²) in [4.78, 5) is 33.2. The van der Waals surface area contributed by atoms with Crippen molar-refractivity contribution in [1.82, 2.24) is 9.88 Å². The van der Waals surface area contributed by atoms with E-state index in [9.17, 15) is 9.59 Å². The van der Waals surface area contributed by atoms with Crippen LogP contribution in [-0.4, -0.2) is 35.0 Å². The molecule has 3 aromatic heterocycles. The van der Waals surface area contributed by atoms with Crippen LogP contribution in [0.5, 0.6) is 0 Å². The van der Waals surface area contributed by atoms with Gasteiger partial charge in [-0.05, 0) is 43.2 Å². The van der Waals surface area contributed by atoms with Gasteiger partial charge in [0.1, 0.15) is 15.6 Å². The predicted molar refractivity (Wildman–Crippen MR) is 138 cm³/mol. The number of thiophene rings is 1. The number of rotatable bonds is 4. The Hall–Kier alpha value is -3.69. The van der Waals surface area contributed by atoms with Crippen LogP contribution >= 0.6 is 22.7 Å². The van der Waals surface area contributed by atoms with E-state index in [2.05, 4.69) is 5.32 Å². The Morgan fingerprint density at radius 2 is 1.97 bits per heavy atom. The molecule has 176 valence electrons. The molecule has 2 aromatic carbocycles. The zero-order valence-corrected chi connectivity index (χ0v) is 20.5. The molecule has 4 heterocycles. The van der Waals surface area contributed by atoms with Gasteiger partial charge in [-0.25, -0.2) is 9.78 Å². The van der Waals surface area contributed by atoms with E-state index in [1.165, 1.54) is 11.3 Å². The largest absolute Gasteiger partial charge is 0.451 e. The van der Waals surface area contributed by atoms with E-state index in [4.69, 9.17) is 14.1 Å². The smallest absolute Gasteiger partial charge is 0.410 e. The van der Waals surface area contributed by atoms with Gasteiger partial charge >= 0.3 is 6.09 Å². The van der Waals surface area contributed by atoms with Crippen LogP contribution < -0.4 is 5.32 Å². The van der Waals surface area contributed by atoms with Crippen molar-refractivity contribution in [3.05, 3.63) is 70.8 Å². The molecule has 5 aromatic rings. The second kappa shape index (κ2) is 8.83. The quantitative estimate of drug-likeness (QED) is 0.301. The van der Waals surface area contributed by atoms with Crippen molar-refractivity contribution in [2.45, 2.75) is 19.9 Å². The van der Waals surface area contributed by atoms with E-state index >= 15 is 0 Å². The summed E-state index contributed by atoms with van der Waals surface area (Å²) in [6, 6.07) is 17.3. The molecule has 0 spiro atoms. The van der Waals surface area contributed by atoms with Crippen molar-refractivity contribution in [1.29, 1.82) is 0 Å². The molecule has 0 aliphatic carbocycles. The maximum absolute atomic E-state index is 13.2. The highest BCUT2D eigenvalue weighted by molar-refractivity contribution is 7.23. The summed E-state index contributed by atoms with van der Waals surface area (Å²) in [5, 5.41) is 5.52. The molecule has 1 N–H and O–H groups in total. The molecule has 0 bridgehead atoms. The Balaban J connectivity index is 1.40. The van der Waals surface area contributed by atoms with Gasteiger partial charge < -0.3 is 19.4 Å². The summed E-state index contributed by atoms with van der Waals surface area (Å²) in [5.74, 6) is -0.0645. The van der Waals surface area contributed by atoms with Crippen LogP contribution in [0.15, 0.2) is 59.0 Å². The molecule has 0 fully saturated rings. The van der Waals surface area contributed by atoms with Crippen LogP contribution in [0.2, 0.25) is 0 Å². The van der Waals surface area contributed by atoms with Crippen LogP contribution in [0.4, 0.5) is 9.80 Å². The molecule has 0 saturated carbocycles. The zero-order valence-electron chi connectivity index (χ0n) is 18.9. The van der Waals surface area contributed by atoms with Gasteiger partial charge in [-0.15, -0.1) is 22.7 Å².